The molecule has 2 fully saturated rings. The fourth-order valence-electron chi connectivity index (χ4n) is 9.84. The first-order chi connectivity index (χ1) is 30.7. The Morgan fingerprint density at radius 2 is 0.938 bits per heavy atom. The molecule has 1 unspecified atom stereocenters. The maximum absolute atomic E-state index is 6.92. The molecule has 0 aliphatic carbocycles. The van der Waals surface area contributed by atoms with Gasteiger partial charge >= 0.3 is 14.2 Å². The van der Waals surface area contributed by atoms with Crippen LogP contribution in [0.2, 0.25) is 0 Å². The summed E-state index contributed by atoms with van der Waals surface area (Å²) in [7, 11) is -0.851. The van der Waals surface area contributed by atoms with Gasteiger partial charge in [0.05, 0.1) is 22.4 Å². The lowest BCUT2D eigenvalue weighted by Gasteiger charge is -2.36. The fraction of sp³-hybridized carbons (Fsp3) is 0.214. The third-order valence-electron chi connectivity index (χ3n) is 14.7. The topological polar surface area (TPSA) is 36.9 Å². The molecule has 2 aliphatic heterocycles. The summed E-state index contributed by atoms with van der Waals surface area (Å²) >= 11 is 3.75. The van der Waals surface area contributed by atoms with E-state index in [0.29, 0.717) is 0 Å². The average molecular weight is 871 g/mol. The third kappa shape index (κ3) is 6.40. The van der Waals surface area contributed by atoms with Crippen molar-refractivity contribution in [2.24, 2.45) is 0 Å². The lowest BCUT2D eigenvalue weighted by Crippen LogP contribution is -2.46. The molecule has 0 bridgehead atoms. The highest BCUT2D eigenvalue weighted by atomic mass is 32.1. The summed E-state index contributed by atoms with van der Waals surface area (Å²) < 4.78 is 31.7. The molecular formula is C56H48B2O4S2. The van der Waals surface area contributed by atoms with Crippen LogP contribution in [0.4, 0.5) is 0 Å². The summed E-state index contributed by atoms with van der Waals surface area (Å²) in [5.41, 5.74) is 6.20. The van der Waals surface area contributed by atoms with Gasteiger partial charge in [0.2, 0.25) is 0 Å². The molecule has 64 heavy (non-hydrogen) atoms. The van der Waals surface area contributed by atoms with Crippen LogP contribution >= 0.6 is 22.7 Å². The van der Waals surface area contributed by atoms with Gasteiger partial charge in [0, 0.05) is 46.8 Å². The molecule has 0 radical (unpaired) electrons. The van der Waals surface area contributed by atoms with Crippen molar-refractivity contribution >= 4 is 110 Å². The minimum absolute atomic E-state index is 0.383. The van der Waals surface area contributed by atoms with Crippen molar-refractivity contribution in [1.82, 2.24) is 0 Å². The lowest BCUT2D eigenvalue weighted by molar-refractivity contribution is -0.00875. The Morgan fingerprint density at radius 1 is 0.391 bits per heavy atom. The van der Waals surface area contributed by atoms with E-state index in [4.69, 9.17) is 18.6 Å². The van der Waals surface area contributed by atoms with Gasteiger partial charge in [0.25, 0.3) is 0 Å². The van der Waals surface area contributed by atoms with Crippen LogP contribution in [0.5, 0.6) is 0 Å². The van der Waals surface area contributed by atoms with Crippen molar-refractivity contribution in [3.05, 3.63) is 157 Å². The fourth-order valence-corrected chi connectivity index (χ4v) is 12.3. The molecule has 314 valence electrons. The monoisotopic (exact) mass is 870 g/mol. The Balaban J connectivity index is 0.784. The van der Waals surface area contributed by atoms with Gasteiger partial charge in [-0.05, 0) is 133 Å². The summed E-state index contributed by atoms with van der Waals surface area (Å²) in [6.45, 7) is 14.9. The van der Waals surface area contributed by atoms with Gasteiger partial charge < -0.3 is 18.6 Å². The molecular weight excluding hydrogens is 822 g/mol. The predicted molar refractivity (Wildman–Crippen MR) is 274 cm³/mol. The Hall–Kier alpha value is -5.31. The van der Waals surface area contributed by atoms with Gasteiger partial charge in [-0.15, -0.1) is 22.7 Å². The van der Waals surface area contributed by atoms with Gasteiger partial charge in [-0.1, -0.05) is 127 Å². The summed E-state index contributed by atoms with van der Waals surface area (Å²) in [6.07, 6.45) is 0.729. The van der Waals surface area contributed by atoms with E-state index in [9.17, 15) is 0 Å². The highest BCUT2D eigenvalue weighted by Crippen LogP contribution is 2.44. The molecule has 4 heterocycles. The molecule has 8 aromatic carbocycles. The minimum Gasteiger partial charge on any atom is -0.399 e. The van der Waals surface area contributed by atoms with Gasteiger partial charge in [0.1, 0.15) is 0 Å². The quantitative estimate of drug-likeness (QED) is 0.156. The summed E-state index contributed by atoms with van der Waals surface area (Å²) in [4.78, 5) is 0. The molecule has 12 rings (SSSR count). The second kappa shape index (κ2) is 14.3. The predicted octanol–water partition coefficient (Wildman–Crippen LogP) is 13.9. The molecule has 10 aromatic rings. The Bertz CT molecular complexity index is 3500. The molecule has 0 spiro atoms. The molecule has 0 saturated carbocycles. The second-order valence-electron chi connectivity index (χ2n) is 19.6. The number of fused-ring (bicyclic) bond motifs is 10. The number of rotatable bonds is 6. The van der Waals surface area contributed by atoms with Gasteiger partial charge in [-0.3, -0.25) is 0 Å². The van der Waals surface area contributed by atoms with E-state index in [1.807, 2.05) is 22.7 Å². The number of thiophene rings is 2. The zero-order valence-corrected chi connectivity index (χ0v) is 38.9. The summed E-state index contributed by atoms with van der Waals surface area (Å²) in [5.74, 6) is 0. The molecule has 2 aliphatic rings. The zero-order valence-electron chi connectivity index (χ0n) is 37.2. The van der Waals surface area contributed by atoms with E-state index in [1.54, 1.807) is 0 Å². The first kappa shape index (κ1) is 40.2. The number of hydrogen-bond donors (Lipinski definition) is 0. The van der Waals surface area contributed by atoms with Crippen LogP contribution in [-0.4, -0.2) is 36.6 Å². The highest BCUT2D eigenvalue weighted by molar-refractivity contribution is 7.27. The van der Waals surface area contributed by atoms with Crippen molar-refractivity contribution in [3.63, 3.8) is 0 Å². The van der Waals surface area contributed by atoms with Crippen LogP contribution in [0.1, 0.15) is 54.0 Å². The number of hydrogen-bond acceptors (Lipinski definition) is 6. The van der Waals surface area contributed by atoms with Crippen LogP contribution in [0.3, 0.4) is 0 Å². The molecule has 0 amide bonds. The van der Waals surface area contributed by atoms with Crippen LogP contribution in [0, 0.1) is 0 Å². The first-order valence-corrected chi connectivity index (χ1v) is 24.0. The van der Waals surface area contributed by atoms with Crippen LogP contribution < -0.4 is 10.9 Å². The van der Waals surface area contributed by atoms with Crippen molar-refractivity contribution in [2.75, 3.05) is 0 Å². The van der Waals surface area contributed by atoms with Gasteiger partial charge in [-0.2, -0.15) is 0 Å². The SMILES string of the molecule is CC1(C)OB(c2cccc(-c3ccc4sc5c6ccc(CC7(C)OB(c8ccc(-c9ccc%10sc%11c%12ccccc%12ccc%11c%10c9)cc8)OC7(C)C)cc6ccc5c4c3)c2)OC1(C)C. The first-order valence-electron chi connectivity index (χ1n) is 22.4. The van der Waals surface area contributed by atoms with Crippen LogP contribution in [0.25, 0.3) is 84.1 Å². The standard InChI is InChI=1S/C56H48B2O4S2/c1-53(2)54(3,4)60-58(59-53)42-13-10-12-37(30-42)39-21-28-50-48(32-39)46-26-19-40-29-34(15-24-44(40)52(46)64-50)33-56(7)55(5,6)61-57(62-56)41-22-16-35(17-23-41)38-20-27-49-47(31-38)45-25-18-36-11-8-9-14-43(36)51(45)63-49/h8-32H,33H2,1-7H3. The zero-order chi connectivity index (χ0) is 43.8. The van der Waals surface area contributed by atoms with E-state index in [2.05, 4.69) is 200 Å². The molecule has 0 N–H and O–H groups in total. The van der Waals surface area contributed by atoms with Gasteiger partial charge in [0.15, 0.2) is 0 Å². The van der Waals surface area contributed by atoms with Crippen LogP contribution in [0.15, 0.2) is 152 Å². The van der Waals surface area contributed by atoms with Crippen molar-refractivity contribution < 1.29 is 18.6 Å². The van der Waals surface area contributed by atoms with Gasteiger partial charge in [-0.25, -0.2) is 0 Å². The normalized spacial score (nSPS) is 19.4. The van der Waals surface area contributed by atoms with E-state index in [0.717, 1.165) is 22.9 Å². The Labute approximate surface area is 383 Å². The van der Waals surface area contributed by atoms with Crippen molar-refractivity contribution in [3.8, 4) is 22.3 Å². The molecule has 2 aromatic heterocycles. The summed E-state index contributed by atoms with van der Waals surface area (Å²) in [6, 6.07) is 55.7. The van der Waals surface area contributed by atoms with E-state index in [-0.39, 0.29) is 11.2 Å². The third-order valence-corrected chi connectivity index (χ3v) is 17.2. The minimum atomic E-state index is -0.545. The van der Waals surface area contributed by atoms with E-state index >= 15 is 0 Å². The molecule has 2 saturated heterocycles. The Kier molecular flexibility index (Phi) is 9.01. The largest absolute Gasteiger partial charge is 0.494 e. The van der Waals surface area contributed by atoms with E-state index in [1.165, 1.54) is 84.1 Å². The smallest absolute Gasteiger partial charge is 0.399 e. The summed E-state index contributed by atoms with van der Waals surface area (Å²) in [5, 5.41) is 10.3. The Morgan fingerprint density at radius 3 is 1.62 bits per heavy atom. The van der Waals surface area contributed by atoms with Crippen molar-refractivity contribution in [2.45, 2.75) is 77.3 Å². The molecule has 4 nitrogen and oxygen atoms in total. The molecule has 8 heteroatoms. The lowest BCUT2D eigenvalue weighted by atomic mass is 9.78. The highest BCUT2D eigenvalue weighted by Gasteiger charge is 2.54. The number of benzene rings is 8. The second-order valence-corrected chi connectivity index (χ2v) is 21.7. The van der Waals surface area contributed by atoms with Crippen molar-refractivity contribution in [1.29, 1.82) is 0 Å². The average Bonchev–Trinajstić information content (AvgIpc) is 3.99. The molecule has 1 atom stereocenters. The van der Waals surface area contributed by atoms with E-state index < -0.39 is 25.4 Å². The van der Waals surface area contributed by atoms with Crippen LogP contribution in [-0.2, 0) is 25.0 Å². The maximum atomic E-state index is 6.92. The maximum Gasteiger partial charge on any atom is 0.494 e.